The van der Waals surface area contributed by atoms with E-state index in [-0.39, 0.29) is 13.3 Å². The third-order valence-corrected chi connectivity index (χ3v) is 7.14. The van der Waals surface area contributed by atoms with Gasteiger partial charge in [-0.15, -0.1) is 0 Å². The van der Waals surface area contributed by atoms with Crippen molar-refractivity contribution in [1.29, 1.82) is 0 Å². The number of benzene rings is 2. The first-order valence-corrected chi connectivity index (χ1v) is 12.2. The Kier molecular flexibility index (Phi) is 6.75. The van der Waals surface area contributed by atoms with Crippen LogP contribution in [0.4, 0.5) is 4.39 Å². The zero-order valence-electron chi connectivity index (χ0n) is 19.2. The normalized spacial score (nSPS) is 17.5. The van der Waals surface area contributed by atoms with Gasteiger partial charge in [0.05, 0.1) is 13.3 Å². The van der Waals surface area contributed by atoms with Crippen molar-refractivity contribution in [3.8, 4) is 0 Å². The summed E-state index contributed by atoms with van der Waals surface area (Å²) in [6.07, 6.45) is 10.9. The second-order valence-electron chi connectivity index (χ2n) is 9.44. The summed E-state index contributed by atoms with van der Waals surface area (Å²) in [6.45, 7) is 2.90. The Bertz CT molecular complexity index is 1150. The number of hydrogen-bond acceptors (Lipinski definition) is 2. The lowest BCUT2D eigenvalue weighted by atomic mass is 9.87. The van der Waals surface area contributed by atoms with Crippen molar-refractivity contribution in [3.05, 3.63) is 88.6 Å². The highest BCUT2D eigenvalue weighted by molar-refractivity contribution is 5.93. The number of aliphatic hydroxyl groups is 1. The van der Waals surface area contributed by atoms with E-state index in [9.17, 15) is 9.50 Å². The minimum absolute atomic E-state index is 0.0587. The number of halogens is 1. The van der Waals surface area contributed by atoms with Crippen LogP contribution in [0.15, 0.2) is 66.4 Å². The van der Waals surface area contributed by atoms with Crippen molar-refractivity contribution >= 4 is 16.5 Å². The Hall–Kier alpha value is -2.69. The quantitative estimate of drug-likeness (QED) is 0.469. The molecule has 0 unspecified atom stereocenters. The molecule has 5 rings (SSSR count). The first-order chi connectivity index (χ1) is 16.3. The molecule has 0 radical (unpaired) electrons. The average Bonchev–Trinajstić information content (AvgIpc) is 3.21. The maximum absolute atomic E-state index is 12.4. The summed E-state index contributed by atoms with van der Waals surface area (Å²) >= 11 is 0. The number of fused-ring (bicyclic) bond motifs is 3. The highest BCUT2D eigenvalue weighted by Gasteiger charge is 2.26. The van der Waals surface area contributed by atoms with Crippen LogP contribution in [-0.4, -0.2) is 47.9 Å². The maximum atomic E-state index is 12.4. The van der Waals surface area contributed by atoms with Gasteiger partial charge in [0, 0.05) is 36.7 Å². The number of aliphatic hydroxyl groups excluding tert-OH is 1. The second kappa shape index (κ2) is 10.1. The van der Waals surface area contributed by atoms with Crippen LogP contribution >= 0.6 is 0 Å². The van der Waals surface area contributed by atoms with Crippen LogP contribution in [0.25, 0.3) is 16.5 Å². The van der Waals surface area contributed by atoms with Crippen molar-refractivity contribution < 1.29 is 9.50 Å². The summed E-state index contributed by atoms with van der Waals surface area (Å²) in [5, 5.41) is 10.7. The number of rotatable bonds is 8. The fourth-order valence-corrected chi connectivity index (χ4v) is 5.57. The lowest BCUT2D eigenvalue weighted by molar-refractivity contribution is 0.0968. The fourth-order valence-electron chi connectivity index (χ4n) is 5.57. The average molecular weight is 445 g/mol. The standard InChI is InChI=1S/C29H33FN2O/c30-14-3-16-32-19-22(20-32)18-21-7-9-24(10-8-21)29-23(5-2-17-33)4-1-6-25-26-13-15-31-28(26)12-11-27(25)29/h2,5,7-13,15,22,31,33H,1,3-4,6,14,16-20H2/b5-2+. The van der Waals surface area contributed by atoms with Crippen LogP contribution in [0.1, 0.15) is 41.5 Å². The number of likely N-dealkylation sites (tertiary alicyclic amines) is 1. The van der Waals surface area contributed by atoms with Gasteiger partial charge in [-0.2, -0.15) is 0 Å². The molecule has 0 amide bonds. The van der Waals surface area contributed by atoms with E-state index in [1.165, 1.54) is 44.3 Å². The molecular weight excluding hydrogens is 411 g/mol. The van der Waals surface area contributed by atoms with E-state index in [4.69, 9.17) is 0 Å². The van der Waals surface area contributed by atoms with Gasteiger partial charge < -0.3 is 15.0 Å². The van der Waals surface area contributed by atoms with Crippen LogP contribution in [-0.2, 0) is 12.8 Å². The Labute approximate surface area is 195 Å². The molecule has 172 valence electrons. The molecule has 1 aliphatic carbocycles. The highest BCUT2D eigenvalue weighted by Crippen LogP contribution is 2.38. The van der Waals surface area contributed by atoms with Gasteiger partial charge in [0.2, 0.25) is 0 Å². The van der Waals surface area contributed by atoms with Gasteiger partial charge in [0.15, 0.2) is 0 Å². The molecule has 1 aliphatic heterocycles. The van der Waals surface area contributed by atoms with Crippen LogP contribution in [0, 0.1) is 5.92 Å². The zero-order valence-corrected chi connectivity index (χ0v) is 19.2. The predicted octanol–water partition coefficient (Wildman–Crippen LogP) is 5.69. The van der Waals surface area contributed by atoms with Gasteiger partial charge in [-0.25, -0.2) is 0 Å². The van der Waals surface area contributed by atoms with Gasteiger partial charge >= 0.3 is 0 Å². The molecule has 3 aromatic rings. The van der Waals surface area contributed by atoms with E-state index in [0.29, 0.717) is 12.3 Å². The van der Waals surface area contributed by atoms with Crippen molar-refractivity contribution in [2.45, 2.75) is 32.1 Å². The number of aromatic nitrogens is 1. The first-order valence-electron chi connectivity index (χ1n) is 12.2. The maximum Gasteiger partial charge on any atom is 0.0906 e. The molecular formula is C29H33FN2O. The summed E-state index contributed by atoms with van der Waals surface area (Å²) in [5.41, 5.74) is 9.13. The van der Waals surface area contributed by atoms with Gasteiger partial charge in [-0.3, -0.25) is 4.39 Å². The molecule has 4 heteroatoms. The Morgan fingerprint density at radius 3 is 2.70 bits per heavy atom. The van der Waals surface area contributed by atoms with E-state index in [2.05, 4.69) is 58.4 Å². The summed E-state index contributed by atoms with van der Waals surface area (Å²) < 4.78 is 12.4. The molecule has 0 spiro atoms. The minimum atomic E-state index is -0.216. The number of H-pyrrole nitrogens is 1. The van der Waals surface area contributed by atoms with E-state index in [1.54, 1.807) is 0 Å². The molecule has 0 atom stereocenters. The van der Waals surface area contributed by atoms with Gasteiger partial charge in [0.1, 0.15) is 0 Å². The smallest absolute Gasteiger partial charge is 0.0906 e. The van der Waals surface area contributed by atoms with Crippen LogP contribution in [0.5, 0.6) is 0 Å². The number of nitrogens with one attached hydrogen (secondary N) is 1. The number of aromatic amines is 1. The lowest BCUT2D eigenvalue weighted by Gasteiger charge is -2.39. The van der Waals surface area contributed by atoms with E-state index in [0.717, 1.165) is 45.3 Å². The molecule has 1 aromatic heterocycles. The molecule has 2 N–H and O–H groups in total. The lowest BCUT2D eigenvalue weighted by Crippen LogP contribution is -2.47. The molecule has 2 aromatic carbocycles. The monoisotopic (exact) mass is 444 g/mol. The number of aryl methyl sites for hydroxylation is 1. The highest BCUT2D eigenvalue weighted by atomic mass is 19.1. The van der Waals surface area contributed by atoms with Gasteiger partial charge in [0.25, 0.3) is 0 Å². The Morgan fingerprint density at radius 2 is 1.91 bits per heavy atom. The molecule has 0 saturated carbocycles. The van der Waals surface area contributed by atoms with Crippen LogP contribution in [0.2, 0.25) is 0 Å². The van der Waals surface area contributed by atoms with Crippen molar-refractivity contribution in [2.75, 3.05) is 32.9 Å². The van der Waals surface area contributed by atoms with Crippen LogP contribution < -0.4 is 0 Å². The largest absolute Gasteiger partial charge is 0.392 e. The predicted molar refractivity (Wildman–Crippen MR) is 134 cm³/mol. The Balaban J connectivity index is 1.43. The zero-order chi connectivity index (χ0) is 22.6. The number of allylic oxidation sites excluding steroid dienone is 2. The molecule has 0 bridgehead atoms. The summed E-state index contributed by atoms with van der Waals surface area (Å²) in [7, 11) is 0. The number of hydrogen-bond donors (Lipinski definition) is 2. The molecule has 1 fully saturated rings. The van der Waals surface area contributed by atoms with Crippen molar-refractivity contribution in [1.82, 2.24) is 9.88 Å². The second-order valence-corrected chi connectivity index (χ2v) is 9.44. The number of nitrogens with zero attached hydrogens (tertiary/aromatic N) is 1. The van der Waals surface area contributed by atoms with Crippen molar-refractivity contribution in [2.24, 2.45) is 5.92 Å². The van der Waals surface area contributed by atoms with E-state index in [1.807, 2.05) is 12.3 Å². The Morgan fingerprint density at radius 1 is 1.06 bits per heavy atom. The number of alkyl halides is 1. The third kappa shape index (κ3) is 4.68. The molecule has 33 heavy (non-hydrogen) atoms. The SMILES string of the molecule is OC/C=C/C1=C(c2ccc(CC3CN(CCCF)C3)cc2)c2ccc3[nH]ccc3c2CCC1. The first kappa shape index (κ1) is 22.1. The minimum Gasteiger partial charge on any atom is -0.392 e. The van der Waals surface area contributed by atoms with E-state index < -0.39 is 0 Å². The molecule has 3 nitrogen and oxygen atoms in total. The summed E-state index contributed by atoms with van der Waals surface area (Å²) in [5.74, 6) is 0.679. The molecule has 2 heterocycles. The molecule has 2 aliphatic rings. The van der Waals surface area contributed by atoms with Crippen molar-refractivity contribution in [3.63, 3.8) is 0 Å². The topological polar surface area (TPSA) is 39.3 Å². The third-order valence-electron chi connectivity index (χ3n) is 7.14. The van der Waals surface area contributed by atoms with Gasteiger partial charge in [-0.1, -0.05) is 42.5 Å². The summed E-state index contributed by atoms with van der Waals surface area (Å²) in [6, 6.07) is 15.7. The fraction of sp³-hybridized carbons (Fsp3) is 0.379. The van der Waals surface area contributed by atoms with Crippen LogP contribution in [0.3, 0.4) is 0 Å². The van der Waals surface area contributed by atoms with E-state index >= 15 is 0 Å². The summed E-state index contributed by atoms with van der Waals surface area (Å²) in [4.78, 5) is 5.71. The molecule has 1 saturated heterocycles. The van der Waals surface area contributed by atoms with Gasteiger partial charge in [-0.05, 0) is 83.6 Å².